The Labute approximate surface area is 74.6 Å². The molecular formula is C9H8F2N2. The first kappa shape index (κ1) is 9.62. The number of nitrogens with two attached hydrogens (primary N) is 1. The van der Waals surface area contributed by atoms with Crippen molar-refractivity contribution in [2.24, 2.45) is 5.73 Å². The molecule has 1 rings (SSSR count). The molecule has 0 spiro atoms. The Morgan fingerprint density at radius 2 is 2.15 bits per heavy atom. The van der Waals surface area contributed by atoms with Crippen LogP contribution in [0.1, 0.15) is 5.56 Å². The Kier molecular flexibility index (Phi) is 2.93. The van der Waals surface area contributed by atoms with E-state index < -0.39 is 17.7 Å². The van der Waals surface area contributed by atoms with Gasteiger partial charge in [0.05, 0.1) is 12.1 Å². The zero-order chi connectivity index (χ0) is 9.84. The molecule has 0 aliphatic heterocycles. The van der Waals surface area contributed by atoms with Gasteiger partial charge in [0.1, 0.15) is 11.6 Å². The topological polar surface area (TPSA) is 49.8 Å². The summed E-state index contributed by atoms with van der Waals surface area (Å²) >= 11 is 0. The fraction of sp³-hybridized carbons (Fsp3) is 0.222. The zero-order valence-electron chi connectivity index (χ0n) is 6.80. The van der Waals surface area contributed by atoms with Crippen LogP contribution in [-0.4, -0.2) is 6.04 Å². The second-order valence-electron chi connectivity index (χ2n) is 2.68. The van der Waals surface area contributed by atoms with Crippen molar-refractivity contribution < 1.29 is 8.78 Å². The second-order valence-corrected chi connectivity index (χ2v) is 2.68. The van der Waals surface area contributed by atoms with Gasteiger partial charge in [-0.15, -0.1) is 0 Å². The zero-order valence-corrected chi connectivity index (χ0v) is 6.80. The maximum Gasteiger partial charge on any atom is 0.126 e. The highest BCUT2D eigenvalue weighted by Gasteiger charge is 2.08. The van der Waals surface area contributed by atoms with Gasteiger partial charge in [-0.2, -0.15) is 5.26 Å². The average molecular weight is 182 g/mol. The highest BCUT2D eigenvalue weighted by atomic mass is 19.1. The average Bonchev–Trinajstić information content (AvgIpc) is 2.11. The summed E-state index contributed by atoms with van der Waals surface area (Å²) in [5, 5.41) is 8.37. The molecule has 2 N–H and O–H groups in total. The van der Waals surface area contributed by atoms with Gasteiger partial charge in [-0.05, 0) is 23.8 Å². The standard InChI is InChI=1S/C9H8F2N2/c10-7-1-2-9(11)6(3-7)4-8(13)5-12/h1-3,8H,4,13H2. The molecule has 0 aliphatic carbocycles. The predicted molar refractivity (Wildman–Crippen MR) is 43.7 cm³/mol. The number of halogens is 2. The van der Waals surface area contributed by atoms with Gasteiger partial charge in [0.25, 0.3) is 0 Å². The van der Waals surface area contributed by atoms with Gasteiger partial charge in [0.2, 0.25) is 0 Å². The van der Waals surface area contributed by atoms with Crippen molar-refractivity contribution in [3.8, 4) is 6.07 Å². The fourth-order valence-electron chi connectivity index (χ4n) is 0.982. The molecule has 0 aliphatic rings. The summed E-state index contributed by atoms with van der Waals surface area (Å²) in [6, 6.07) is 4.05. The molecule has 0 radical (unpaired) electrons. The third-order valence-corrected chi connectivity index (χ3v) is 1.61. The third-order valence-electron chi connectivity index (χ3n) is 1.61. The lowest BCUT2D eigenvalue weighted by atomic mass is 10.1. The molecule has 0 saturated carbocycles. The Bertz CT molecular complexity index is 344. The van der Waals surface area contributed by atoms with Crippen molar-refractivity contribution in [1.29, 1.82) is 5.26 Å². The third kappa shape index (κ3) is 2.49. The molecule has 2 nitrogen and oxygen atoms in total. The monoisotopic (exact) mass is 182 g/mol. The predicted octanol–water partition coefficient (Wildman–Crippen LogP) is 1.36. The summed E-state index contributed by atoms with van der Waals surface area (Å²) in [7, 11) is 0. The maximum atomic E-state index is 12.9. The smallest absolute Gasteiger partial charge is 0.126 e. The quantitative estimate of drug-likeness (QED) is 0.750. The molecule has 0 amide bonds. The second kappa shape index (κ2) is 3.97. The molecule has 0 saturated heterocycles. The number of rotatable bonds is 2. The van der Waals surface area contributed by atoms with Gasteiger partial charge in [-0.3, -0.25) is 0 Å². The van der Waals surface area contributed by atoms with Crippen LogP contribution in [0, 0.1) is 23.0 Å². The number of hydrogen-bond acceptors (Lipinski definition) is 2. The minimum atomic E-state index is -0.795. The van der Waals surface area contributed by atoms with Crippen LogP contribution in [0.4, 0.5) is 8.78 Å². The van der Waals surface area contributed by atoms with E-state index in [4.69, 9.17) is 11.0 Å². The van der Waals surface area contributed by atoms with Crippen LogP contribution in [0.25, 0.3) is 0 Å². The summed E-state index contributed by atoms with van der Waals surface area (Å²) in [6.07, 6.45) is 0.0279. The summed E-state index contributed by atoms with van der Waals surface area (Å²) in [5.41, 5.74) is 5.41. The number of nitrogens with zero attached hydrogens (tertiary/aromatic N) is 1. The van der Waals surface area contributed by atoms with Crippen LogP contribution in [0.2, 0.25) is 0 Å². The Hall–Kier alpha value is -1.47. The molecule has 1 unspecified atom stereocenters. The lowest BCUT2D eigenvalue weighted by molar-refractivity contribution is 0.580. The molecule has 68 valence electrons. The van der Waals surface area contributed by atoms with Crippen LogP contribution in [-0.2, 0) is 6.42 Å². The lowest BCUT2D eigenvalue weighted by Crippen LogP contribution is -2.20. The van der Waals surface area contributed by atoms with E-state index in [1.807, 2.05) is 0 Å². The van der Waals surface area contributed by atoms with Crippen molar-refractivity contribution >= 4 is 0 Å². The first-order valence-corrected chi connectivity index (χ1v) is 3.72. The van der Waals surface area contributed by atoms with Crippen molar-refractivity contribution in [3.63, 3.8) is 0 Å². The summed E-state index contributed by atoms with van der Waals surface area (Å²) in [5.74, 6) is -1.06. The van der Waals surface area contributed by atoms with Crippen LogP contribution in [0.3, 0.4) is 0 Å². The number of hydrogen-bond donors (Lipinski definition) is 1. The van der Waals surface area contributed by atoms with E-state index in [1.165, 1.54) is 0 Å². The van der Waals surface area contributed by atoms with E-state index in [2.05, 4.69) is 0 Å². The Morgan fingerprint density at radius 3 is 2.77 bits per heavy atom. The Balaban J connectivity index is 2.88. The molecule has 0 bridgehead atoms. The molecule has 0 heterocycles. The normalized spacial score (nSPS) is 12.2. The summed E-state index contributed by atoms with van der Waals surface area (Å²) < 4.78 is 25.5. The van der Waals surface area contributed by atoms with Crippen LogP contribution in [0.15, 0.2) is 18.2 Å². The van der Waals surface area contributed by atoms with Gasteiger partial charge in [-0.25, -0.2) is 8.78 Å². The highest BCUT2D eigenvalue weighted by molar-refractivity contribution is 5.20. The van der Waals surface area contributed by atoms with E-state index in [9.17, 15) is 8.78 Å². The molecule has 13 heavy (non-hydrogen) atoms. The Morgan fingerprint density at radius 1 is 1.46 bits per heavy atom. The first-order valence-electron chi connectivity index (χ1n) is 3.72. The summed E-state index contributed by atoms with van der Waals surface area (Å²) in [6.45, 7) is 0. The molecule has 0 fully saturated rings. The fourth-order valence-corrected chi connectivity index (χ4v) is 0.982. The van der Waals surface area contributed by atoms with Crippen molar-refractivity contribution in [2.45, 2.75) is 12.5 Å². The number of nitriles is 1. The molecule has 1 aromatic carbocycles. The van der Waals surface area contributed by atoms with Gasteiger partial charge in [0, 0.05) is 6.42 Å². The largest absolute Gasteiger partial charge is 0.316 e. The van der Waals surface area contributed by atoms with E-state index in [-0.39, 0.29) is 12.0 Å². The van der Waals surface area contributed by atoms with Gasteiger partial charge in [-0.1, -0.05) is 0 Å². The van der Waals surface area contributed by atoms with Crippen LogP contribution >= 0.6 is 0 Å². The van der Waals surface area contributed by atoms with Crippen LogP contribution < -0.4 is 5.73 Å². The molecule has 0 aromatic heterocycles. The summed E-state index contributed by atoms with van der Waals surface area (Å²) in [4.78, 5) is 0. The van der Waals surface area contributed by atoms with Crippen molar-refractivity contribution in [1.82, 2.24) is 0 Å². The van der Waals surface area contributed by atoms with E-state index in [1.54, 1.807) is 6.07 Å². The van der Waals surface area contributed by atoms with Crippen molar-refractivity contribution in [3.05, 3.63) is 35.4 Å². The van der Waals surface area contributed by atoms with Crippen molar-refractivity contribution in [2.75, 3.05) is 0 Å². The van der Waals surface area contributed by atoms with Gasteiger partial charge < -0.3 is 5.73 Å². The number of benzene rings is 1. The molecular weight excluding hydrogens is 174 g/mol. The van der Waals surface area contributed by atoms with Gasteiger partial charge in [0.15, 0.2) is 0 Å². The maximum absolute atomic E-state index is 12.9. The van der Waals surface area contributed by atoms with Crippen LogP contribution in [0.5, 0.6) is 0 Å². The lowest BCUT2D eigenvalue weighted by Gasteiger charge is -2.04. The first-order chi connectivity index (χ1) is 6.13. The highest BCUT2D eigenvalue weighted by Crippen LogP contribution is 2.10. The van der Waals surface area contributed by atoms with Gasteiger partial charge >= 0.3 is 0 Å². The molecule has 1 aromatic rings. The van der Waals surface area contributed by atoms with E-state index >= 15 is 0 Å². The van der Waals surface area contributed by atoms with E-state index in [0.717, 1.165) is 18.2 Å². The minimum Gasteiger partial charge on any atom is -0.316 e. The SMILES string of the molecule is N#CC(N)Cc1cc(F)ccc1F. The molecule has 1 atom stereocenters. The molecule has 4 heteroatoms. The van der Waals surface area contributed by atoms with E-state index in [0.29, 0.717) is 0 Å². The minimum absolute atomic E-state index is 0.0279.